The molecule has 0 aliphatic rings. The second kappa shape index (κ2) is 11.4. The molecule has 3 aromatic rings. The number of aromatic nitrogens is 3. The number of nitro benzene ring substituents is 1. The highest BCUT2D eigenvalue weighted by atomic mass is 32.2. The molecule has 10 heteroatoms. The van der Waals surface area contributed by atoms with Gasteiger partial charge in [0, 0.05) is 23.9 Å². The standard InChI is InChI=1S/C25H31N5O4S/c1-15(2)19-7-13-22(14-8-19)34-17(5)23-27-28-25(29(23)16(3)4)35-18(6)24(31)26-20-9-11-21(12-10-20)30(32)33/h7-18H,1-6H3,(H,26,31). The van der Waals surface area contributed by atoms with Crippen LogP contribution in [0.2, 0.25) is 0 Å². The highest BCUT2D eigenvalue weighted by Gasteiger charge is 2.25. The van der Waals surface area contributed by atoms with Crippen LogP contribution in [0.1, 0.15) is 71.0 Å². The first kappa shape index (κ1) is 26.2. The van der Waals surface area contributed by atoms with Crippen LogP contribution in [-0.2, 0) is 4.79 Å². The molecule has 35 heavy (non-hydrogen) atoms. The second-order valence-electron chi connectivity index (χ2n) is 8.84. The average Bonchev–Trinajstić information content (AvgIpc) is 3.23. The number of amides is 1. The van der Waals surface area contributed by atoms with Gasteiger partial charge in [-0.15, -0.1) is 10.2 Å². The summed E-state index contributed by atoms with van der Waals surface area (Å²) in [6.07, 6.45) is -0.339. The first-order chi connectivity index (χ1) is 16.6. The lowest BCUT2D eigenvalue weighted by Gasteiger charge is -2.20. The predicted octanol–water partition coefficient (Wildman–Crippen LogP) is 6.15. The van der Waals surface area contributed by atoms with Crippen LogP contribution in [-0.4, -0.2) is 30.8 Å². The van der Waals surface area contributed by atoms with E-state index in [2.05, 4.69) is 41.5 Å². The third-order valence-corrected chi connectivity index (χ3v) is 6.48. The van der Waals surface area contributed by atoms with Crippen LogP contribution < -0.4 is 10.1 Å². The van der Waals surface area contributed by atoms with Gasteiger partial charge in [-0.3, -0.25) is 14.9 Å². The summed E-state index contributed by atoms with van der Waals surface area (Å²) in [7, 11) is 0. The van der Waals surface area contributed by atoms with Gasteiger partial charge >= 0.3 is 0 Å². The van der Waals surface area contributed by atoms with Gasteiger partial charge in [-0.05, 0) is 63.4 Å². The van der Waals surface area contributed by atoms with Gasteiger partial charge in [0.15, 0.2) is 17.1 Å². The van der Waals surface area contributed by atoms with Crippen molar-refractivity contribution in [1.82, 2.24) is 14.8 Å². The van der Waals surface area contributed by atoms with Gasteiger partial charge in [0.05, 0.1) is 10.2 Å². The molecular formula is C25H31N5O4S. The number of benzene rings is 2. The molecule has 2 atom stereocenters. The minimum Gasteiger partial charge on any atom is -0.483 e. The Bertz CT molecular complexity index is 1160. The Labute approximate surface area is 209 Å². The number of carbonyl (C=O) groups is 1. The number of hydrogen-bond donors (Lipinski definition) is 1. The van der Waals surface area contributed by atoms with Crippen LogP contribution in [0.5, 0.6) is 5.75 Å². The first-order valence-electron chi connectivity index (χ1n) is 11.5. The van der Waals surface area contributed by atoms with E-state index in [9.17, 15) is 14.9 Å². The molecule has 0 radical (unpaired) electrons. The molecule has 0 bridgehead atoms. The number of nitro groups is 1. The van der Waals surface area contributed by atoms with E-state index in [1.165, 1.54) is 41.6 Å². The lowest BCUT2D eigenvalue weighted by Crippen LogP contribution is -2.23. The Balaban J connectivity index is 1.70. The van der Waals surface area contributed by atoms with Crippen LogP contribution in [0, 0.1) is 10.1 Å². The monoisotopic (exact) mass is 497 g/mol. The van der Waals surface area contributed by atoms with E-state index < -0.39 is 10.2 Å². The minimum absolute atomic E-state index is 0.0322. The highest BCUT2D eigenvalue weighted by molar-refractivity contribution is 8.00. The largest absolute Gasteiger partial charge is 0.483 e. The number of ether oxygens (including phenoxy) is 1. The zero-order valence-corrected chi connectivity index (χ0v) is 21.6. The number of nitrogens with zero attached hydrogens (tertiary/aromatic N) is 4. The van der Waals surface area contributed by atoms with Crippen molar-refractivity contribution < 1.29 is 14.5 Å². The van der Waals surface area contributed by atoms with Crippen LogP contribution in [0.25, 0.3) is 0 Å². The third-order valence-electron chi connectivity index (χ3n) is 5.43. The molecule has 0 aliphatic heterocycles. The van der Waals surface area contributed by atoms with Crippen LogP contribution in [0.4, 0.5) is 11.4 Å². The zero-order valence-electron chi connectivity index (χ0n) is 20.8. The minimum atomic E-state index is -0.480. The molecule has 0 saturated carbocycles. The zero-order chi connectivity index (χ0) is 25.7. The summed E-state index contributed by atoms with van der Waals surface area (Å²) in [5, 5.41) is 22.5. The second-order valence-corrected chi connectivity index (χ2v) is 10.1. The molecule has 1 aromatic heterocycles. The van der Waals surface area contributed by atoms with Crippen molar-refractivity contribution in [3.05, 3.63) is 70.0 Å². The van der Waals surface area contributed by atoms with Gasteiger partial charge in [-0.2, -0.15) is 0 Å². The van der Waals surface area contributed by atoms with Crippen molar-refractivity contribution >= 4 is 29.0 Å². The molecule has 1 amide bonds. The van der Waals surface area contributed by atoms with Crippen molar-refractivity contribution in [2.45, 2.75) is 70.0 Å². The highest BCUT2D eigenvalue weighted by Crippen LogP contribution is 2.30. The van der Waals surface area contributed by atoms with Gasteiger partial charge < -0.3 is 14.6 Å². The van der Waals surface area contributed by atoms with E-state index in [0.29, 0.717) is 22.6 Å². The summed E-state index contributed by atoms with van der Waals surface area (Å²) in [6.45, 7) is 12.1. The lowest BCUT2D eigenvalue weighted by atomic mass is 10.0. The van der Waals surface area contributed by atoms with Crippen molar-refractivity contribution in [2.24, 2.45) is 0 Å². The topological polar surface area (TPSA) is 112 Å². The maximum absolute atomic E-state index is 12.7. The fourth-order valence-corrected chi connectivity index (χ4v) is 4.43. The normalized spacial score (nSPS) is 13.0. The number of carbonyl (C=O) groups excluding carboxylic acids is 1. The summed E-state index contributed by atoms with van der Waals surface area (Å²) < 4.78 is 8.12. The van der Waals surface area contributed by atoms with E-state index >= 15 is 0 Å². The molecule has 186 valence electrons. The Kier molecular flexibility index (Phi) is 8.50. The number of rotatable bonds is 10. The van der Waals surface area contributed by atoms with Crippen LogP contribution in [0.3, 0.4) is 0 Å². The Morgan fingerprint density at radius 2 is 1.63 bits per heavy atom. The molecule has 1 heterocycles. The number of anilines is 1. The quantitative estimate of drug-likeness (QED) is 0.203. The van der Waals surface area contributed by atoms with Gasteiger partial charge in [0.2, 0.25) is 5.91 Å². The van der Waals surface area contributed by atoms with Gasteiger partial charge in [0.1, 0.15) is 5.75 Å². The molecule has 2 unspecified atom stereocenters. The van der Waals surface area contributed by atoms with E-state index in [4.69, 9.17) is 4.74 Å². The maximum Gasteiger partial charge on any atom is 0.269 e. The summed E-state index contributed by atoms with van der Waals surface area (Å²) in [4.78, 5) is 23.1. The first-order valence-corrected chi connectivity index (χ1v) is 12.4. The van der Waals surface area contributed by atoms with E-state index in [1.807, 2.05) is 37.5 Å². The molecule has 9 nitrogen and oxygen atoms in total. The number of non-ortho nitro benzene ring substituents is 1. The van der Waals surface area contributed by atoms with Crippen molar-refractivity contribution in [3.8, 4) is 5.75 Å². The average molecular weight is 498 g/mol. The summed E-state index contributed by atoms with van der Waals surface area (Å²) in [5.74, 6) is 1.65. The Morgan fingerprint density at radius 1 is 1.00 bits per heavy atom. The molecule has 0 saturated heterocycles. The molecular weight excluding hydrogens is 466 g/mol. The number of nitrogens with one attached hydrogen (secondary N) is 1. The SMILES string of the molecule is CC(Sc1nnc(C(C)Oc2ccc(C(C)C)cc2)n1C(C)C)C(=O)Nc1ccc([N+](=O)[O-])cc1. The Morgan fingerprint density at radius 3 is 2.17 bits per heavy atom. The molecule has 3 rings (SSSR count). The number of hydrogen-bond acceptors (Lipinski definition) is 7. The molecule has 0 fully saturated rings. The van der Waals surface area contributed by atoms with Crippen molar-refractivity contribution in [2.75, 3.05) is 5.32 Å². The summed E-state index contributed by atoms with van der Waals surface area (Å²) in [6, 6.07) is 13.8. The van der Waals surface area contributed by atoms with E-state index in [1.54, 1.807) is 6.92 Å². The Hall–Kier alpha value is -3.40. The molecule has 1 N–H and O–H groups in total. The predicted molar refractivity (Wildman–Crippen MR) is 137 cm³/mol. The fraction of sp³-hybridized carbons (Fsp3) is 0.400. The van der Waals surface area contributed by atoms with Gasteiger partial charge in [-0.1, -0.05) is 37.7 Å². The van der Waals surface area contributed by atoms with Gasteiger partial charge in [-0.25, -0.2) is 0 Å². The summed E-state index contributed by atoms with van der Waals surface area (Å²) >= 11 is 1.30. The maximum atomic E-state index is 12.7. The number of thioether (sulfide) groups is 1. The van der Waals surface area contributed by atoms with Crippen molar-refractivity contribution in [3.63, 3.8) is 0 Å². The molecule has 2 aromatic carbocycles. The molecule has 0 spiro atoms. The lowest BCUT2D eigenvalue weighted by molar-refractivity contribution is -0.384. The van der Waals surface area contributed by atoms with E-state index in [-0.39, 0.29) is 23.7 Å². The fourth-order valence-electron chi connectivity index (χ4n) is 3.44. The van der Waals surface area contributed by atoms with Gasteiger partial charge in [0.25, 0.3) is 5.69 Å². The van der Waals surface area contributed by atoms with Crippen LogP contribution in [0.15, 0.2) is 53.7 Å². The molecule has 0 aliphatic carbocycles. The smallest absolute Gasteiger partial charge is 0.269 e. The third kappa shape index (κ3) is 6.60. The van der Waals surface area contributed by atoms with Crippen LogP contribution >= 0.6 is 11.8 Å². The van der Waals surface area contributed by atoms with E-state index in [0.717, 1.165) is 5.75 Å². The summed E-state index contributed by atoms with van der Waals surface area (Å²) in [5.41, 5.74) is 1.70. The van der Waals surface area contributed by atoms with Crippen molar-refractivity contribution in [1.29, 1.82) is 0 Å².